The van der Waals surface area contributed by atoms with Crippen LogP contribution in [-0.2, 0) is 18.9 Å². The number of furan rings is 1. The Morgan fingerprint density at radius 1 is 1.09 bits per heavy atom. The number of benzene rings is 1. The first-order valence-corrected chi connectivity index (χ1v) is 10.7. The zero-order valence-corrected chi connectivity index (χ0v) is 18.2. The maximum Gasteiger partial charge on any atom is 0.374 e. The van der Waals surface area contributed by atoms with Crippen LogP contribution in [0.15, 0.2) is 47.1 Å². The first-order chi connectivity index (χ1) is 16.7. The maximum absolute atomic E-state index is 12.0. The van der Waals surface area contributed by atoms with Crippen molar-refractivity contribution in [3.63, 3.8) is 0 Å². The highest BCUT2D eigenvalue weighted by atomic mass is 16.8. The molecule has 1 aromatic carbocycles. The van der Waals surface area contributed by atoms with E-state index < -0.39 is 74.5 Å². The summed E-state index contributed by atoms with van der Waals surface area (Å²) in [5.41, 5.74) is -2.05. The first-order valence-electron chi connectivity index (χ1n) is 10.7. The molecule has 0 aliphatic carbocycles. The lowest BCUT2D eigenvalue weighted by Gasteiger charge is -2.42. The summed E-state index contributed by atoms with van der Waals surface area (Å²) in [6.07, 6.45) is -9.27. The van der Waals surface area contributed by atoms with E-state index in [1.807, 2.05) is 0 Å². The summed E-state index contributed by atoms with van der Waals surface area (Å²) in [5, 5.41) is 61.2. The molecule has 0 bridgehead atoms. The molecule has 0 saturated carbocycles. The van der Waals surface area contributed by atoms with E-state index in [0.29, 0.717) is 0 Å². The van der Waals surface area contributed by atoms with Crippen molar-refractivity contribution >= 4 is 5.97 Å². The molecule has 8 atom stereocenters. The van der Waals surface area contributed by atoms with Crippen LogP contribution in [0.25, 0.3) is 0 Å². The minimum absolute atomic E-state index is 0.0204. The van der Waals surface area contributed by atoms with Crippen molar-refractivity contribution in [2.75, 3.05) is 19.8 Å². The molecule has 6 N–H and O–H groups in total. The number of aliphatic hydroxyl groups excluding tert-OH is 4. The number of esters is 1. The Morgan fingerprint density at radius 3 is 2.49 bits per heavy atom. The first kappa shape index (κ1) is 25.3. The van der Waals surface area contributed by atoms with E-state index in [0.717, 1.165) is 0 Å². The molecule has 0 unspecified atom stereocenters. The third-order valence-electron chi connectivity index (χ3n) is 5.69. The summed E-state index contributed by atoms with van der Waals surface area (Å²) in [4.78, 5) is 12.0. The molecule has 13 nitrogen and oxygen atoms in total. The van der Waals surface area contributed by atoms with Crippen molar-refractivity contribution in [1.29, 1.82) is 0 Å². The van der Waals surface area contributed by atoms with Crippen LogP contribution in [0, 0.1) is 0 Å². The van der Waals surface area contributed by atoms with Crippen LogP contribution >= 0.6 is 0 Å². The molecule has 3 heterocycles. The van der Waals surface area contributed by atoms with Crippen LogP contribution in [0.4, 0.5) is 0 Å². The van der Waals surface area contributed by atoms with Gasteiger partial charge in [0.25, 0.3) is 0 Å². The lowest BCUT2D eigenvalue weighted by molar-refractivity contribution is -0.318. The number of aliphatic hydroxyl groups is 5. The van der Waals surface area contributed by atoms with Gasteiger partial charge in [0, 0.05) is 0 Å². The Hall–Kier alpha value is -2.75. The number of phenolic OH excluding ortho intramolecular Hbond substituents is 1. The Morgan fingerprint density at radius 2 is 1.83 bits per heavy atom. The molecule has 0 radical (unpaired) electrons. The van der Waals surface area contributed by atoms with Gasteiger partial charge in [0.15, 0.2) is 18.0 Å². The highest BCUT2D eigenvalue weighted by Crippen LogP contribution is 2.32. The summed E-state index contributed by atoms with van der Waals surface area (Å²) in [5.74, 6) is -0.778. The largest absolute Gasteiger partial charge is 0.508 e. The van der Waals surface area contributed by atoms with Gasteiger partial charge < -0.3 is 58.7 Å². The Bertz CT molecular complexity index is 964. The molecule has 2 fully saturated rings. The van der Waals surface area contributed by atoms with Gasteiger partial charge in [-0.2, -0.15) is 0 Å². The summed E-state index contributed by atoms with van der Waals surface area (Å²) < 4.78 is 32.1. The molecule has 2 aliphatic heterocycles. The minimum Gasteiger partial charge on any atom is -0.508 e. The van der Waals surface area contributed by atoms with Gasteiger partial charge >= 0.3 is 5.97 Å². The van der Waals surface area contributed by atoms with Crippen molar-refractivity contribution < 1.29 is 63.5 Å². The third-order valence-corrected chi connectivity index (χ3v) is 5.69. The van der Waals surface area contributed by atoms with Gasteiger partial charge in [-0.1, -0.05) is 0 Å². The van der Waals surface area contributed by atoms with Crippen molar-refractivity contribution in [1.82, 2.24) is 0 Å². The standard InChI is InChI=1S/C22H26O13/c23-8-14-15(25)16(26)17(20(34-14)33-12-5-3-11(24)4-6-12)35-21-18(27)22(29,10-32-21)9-31-19(28)13-2-1-7-30-13/h1-7,14-18,20-21,23-27,29H,8-10H2/t14-,15-,16+,17-,18+,20-,21+,22-/m1/s1. The van der Waals surface area contributed by atoms with E-state index in [2.05, 4.69) is 0 Å². The van der Waals surface area contributed by atoms with Gasteiger partial charge in [0.05, 0.1) is 19.5 Å². The van der Waals surface area contributed by atoms with Crippen LogP contribution in [0.3, 0.4) is 0 Å². The number of carbonyl (C=O) groups excluding carboxylic acids is 1. The average Bonchev–Trinajstić information content (AvgIpc) is 3.48. The molecular formula is C22H26O13. The molecular weight excluding hydrogens is 472 g/mol. The molecule has 2 aromatic rings. The molecule has 2 saturated heterocycles. The number of rotatable bonds is 8. The molecule has 192 valence electrons. The van der Waals surface area contributed by atoms with Crippen LogP contribution < -0.4 is 4.74 Å². The van der Waals surface area contributed by atoms with Gasteiger partial charge in [-0.25, -0.2) is 4.79 Å². The minimum atomic E-state index is -2.05. The molecule has 2 aliphatic rings. The monoisotopic (exact) mass is 498 g/mol. The highest BCUT2D eigenvalue weighted by molar-refractivity contribution is 5.86. The van der Waals surface area contributed by atoms with Crippen molar-refractivity contribution in [3.05, 3.63) is 48.4 Å². The number of hydrogen-bond donors (Lipinski definition) is 6. The van der Waals surface area contributed by atoms with E-state index in [-0.39, 0.29) is 17.3 Å². The lowest BCUT2D eigenvalue weighted by Crippen LogP contribution is -2.62. The summed E-state index contributed by atoms with van der Waals surface area (Å²) >= 11 is 0. The van der Waals surface area contributed by atoms with E-state index in [1.54, 1.807) is 0 Å². The number of hydrogen-bond acceptors (Lipinski definition) is 13. The lowest BCUT2D eigenvalue weighted by atomic mass is 9.98. The zero-order valence-electron chi connectivity index (χ0n) is 18.2. The molecule has 13 heteroatoms. The summed E-state index contributed by atoms with van der Waals surface area (Å²) in [6.45, 7) is -1.77. The van der Waals surface area contributed by atoms with Crippen LogP contribution in [-0.4, -0.2) is 105 Å². The Labute approximate surface area is 198 Å². The fourth-order valence-electron chi connectivity index (χ4n) is 3.66. The Kier molecular flexibility index (Phi) is 7.59. The topological polar surface area (TPSA) is 198 Å². The predicted octanol–water partition coefficient (Wildman–Crippen LogP) is -1.51. The van der Waals surface area contributed by atoms with Gasteiger partial charge in [0.1, 0.15) is 42.5 Å². The van der Waals surface area contributed by atoms with Crippen LogP contribution in [0.1, 0.15) is 10.6 Å². The number of phenols is 1. The quantitative estimate of drug-likeness (QED) is 0.230. The number of carbonyl (C=O) groups is 1. The normalized spacial score (nSPS) is 35.1. The Balaban J connectivity index is 1.44. The van der Waals surface area contributed by atoms with Gasteiger partial charge in [-0.3, -0.25) is 0 Å². The van der Waals surface area contributed by atoms with E-state index in [9.17, 15) is 35.4 Å². The smallest absolute Gasteiger partial charge is 0.374 e. The highest BCUT2D eigenvalue weighted by Gasteiger charge is 2.54. The fourth-order valence-corrected chi connectivity index (χ4v) is 3.66. The SMILES string of the molecule is O=C(OC[C@@]1(O)CO[C@@H](O[C@H]2[C@H](Oc3ccc(O)cc3)O[C@H](CO)[C@@H](O)[C@@H]2O)[C@@H]1O)c1ccco1. The molecule has 35 heavy (non-hydrogen) atoms. The van der Waals surface area contributed by atoms with Crippen molar-refractivity contribution in [2.24, 2.45) is 0 Å². The second-order valence-corrected chi connectivity index (χ2v) is 8.20. The number of aromatic hydroxyl groups is 1. The second kappa shape index (κ2) is 10.5. The van der Waals surface area contributed by atoms with Crippen LogP contribution in [0.5, 0.6) is 11.5 Å². The molecule has 1 aromatic heterocycles. The maximum atomic E-state index is 12.0. The van der Waals surface area contributed by atoms with Gasteiger partial charge in [0.2, 0.25) is 12.1 Å². The predicted molar refractivity (Wildman–Crippen MR) is 111 cm³/mol. The molecule has 0 amide bonds. The summed E-state index contributed by atoms with van der Waals surface area (Å²) in [7, 11) is 0. The van der Waals surface area contributed by atoms with E-state index >= 15 is 0 Å². The zero-order chi connectivity index (χ0) is 25.2. The molecule has 0 spiro atoms. The van der Waals surface area contributed by atoms with Gasteiger partial charge in [-0.05, 0) is 36.4 Å². The van der Waals surface area contributed by atoms with E-state index in [4.69, 9.17) is 28.1 Å². The molecule has 4 rings (SSSR count). The van der Waals surface area contributed by atoms with E-state index in [1.165, 1.54) is 42.7 Å². The fraction of sp³-hybridized carbons (Fsp3) is 0.500. The second-order valence-electron chi connectivity index (χ2n) is 8.20. The van der Waals surface area contributed by atoms with Crippen molar-refractivity contribution in [2.45, 2.75) is 48.7 Å². The summed E-state index contributed by atoms with van der Waals surface area (Å²) in [6, 6.07) is 8.35. The number of ether oxygens (including phenoxy) is 5. The van der Waals surface area contributed by atoms with Gasteiger partial charge in [-0.15, -0.1) is 0 Å². The van der Waals surface area contributed by atoms with Crippen LogP contribution in [0.2, 0.25) is 0 Å². The average molecular weight is 498 g/mol. The third kappa shape index (κ3) is 5.42. The van der Waals surface area contributed by atoms with Crippen molar-refractivity contribution in [3.8, 4) is 11.5 Å².